The summed E-state index contributed by atoms with van der Waals surface area (Å²) in [5.74, 6) is 1.53. The zero-order chi connectivity index (χ0) is 19.4. The number of nitrogens with one attached hydrogen (secondary N) is 2. The topological polar surface area (TPSA) is 71.0 Å². The number of guanidine groups is 1. The highest BCUT2D eigenvalue weighted by molar-refractivity contribution is 14.0. The van der Waals surface area contributed by atoms with Crippen molar-refractivity contribution in [2.45, 2.75) is 13.1 Å². The molecule has 1 aliphatic heterocycles. The van der Waals surface area contributed by atoms with Crippen molar-refractivity contribution < 1.29 is 9.47 Å². The van der Waals surface area contributed by atoms with Gasteiger partial charge in [-0.05, 0) is 23.3 Å². The number of hydrogen-bond acceptors (Lipinski definition) is 5. The summed E-state index contributed by atoms with van der Waals surface area (Å²) in [6, 6.07) is 12.3. The Hall–Kier alpha value is -1.91. The van der Waals surface area contributed by atoms with Crippen molar-refractivity contribution in [1.82, 2.24) is 20.5 Å². The average Bonchev–Trinajstić information content (AvgIpc) is 2.76. The Morgan fingerprint density at radius 3 is 2.66 bits per heavy atom. The number of benzene rings is 1. The van der Waals surface area contributed by atoms with E-state index in [1.807, 2.05) is 12.1 Å². The minimum Gasteiger partial charge on any atom is -0.490 e. The number of rotatable bonds is 8. The molecule has 29 heavy (non-hydrogen) atoms. The summed E-state index contributed by atoms with van der Waals surface area (Å²) in [5, 5.41) is 6.67. The van der Waals surface area contributed by atoms with Gasteiger partial charge in [0.05, 0.1) is 26.0 Å². The lowest BCUT2D eigenvalue weighted by Crippen LogP contribution is -2.39. The number of nitrogens with zero attached hydrogens (tertiary/aromatic N) is 3. The number of pyridine rings is 1. The van der Waals surface area contributed by atoms with E-state index in [1.165, 1.54) is 11.1 Å². The monoisotopic (exact) mass is 511 g/mol. The summed E-state index contributed by atoms with van der Waals surface area (Å²) < 4.78 is 11.1. The lowest BCUT2D eigenvalue weighted by molar-refractivity contribution is 0.0341. The molecule has 1 saturated heterocycles. The Labute approximate surface area is 189 Å². The van der Waals surface area contributed by atoms with Gasteiger partial charge in [-0.3, -0.25) is 14.9 Å². The Morgan fingerprint density at radius 1 is 1.14 bits per heavy atom. The molecular weight excluding hydrogens is 481 g/mol. The zero-order valence-corrected chi connectivity index (χ0v) is 19.2. The number of aromatic nitrogens is 1. The maximum absolute atomic E-state index is 5.64. The van der Waals surface area contributed by atoms with Gasteiger partial charge in [0.2, 0.25) is 0 Å². The lowest BCUT2D eigenvalue weighted by Gasteiger charge is -2.27. The molecule has 0 atom stereocenters. The Bertz CT molecular complexity index is 739. The van der Waals surface area contributed by atoms with Crippen LogP contribution in [0.5, 0.6) is 5.75 Å². The van der Waals surface area contributed by atoms with Crippen LogP contribution in [0.4, 0.5) is 0 Å². The molecule has 8 heteroatoms. The van der Waals surface area contributed by atoms with Crippen LogP contribution in [-0.4, -0.2) is 62.3 Å². The van der Waals surface area contributed by atoms with Gasteiger partial charge in [-0.25, -0.2) is 0 Å². The summed E-state index contributed by atoms with van der Waals surface area (Å²) >= 11 is 0. The van der Waals surface area contributed by atoms with Gasteiger partial charge in [-0.1, -0.05) is 24.3 Å². The summed E-state index contributed by atoms with van der Waals surface area (Å²) in [5.41, 5.74) is 2.62. The molecule has 0 spiro atoms. The van der Waals surface area contributed by atoms with E-state index < -0.39 is 0 Å². The number of ether oxygens (including phenoxy) is 2. The van der Waals surface area contributed by atoms with Gasteiger partial charge in [0, 0.05) is 39.4 Å². The van der Waals surface area contributed by atoms with E-state index >= 15 is 0 Å². The van der Waals surface area contributed by atoms with Crippen LogP contribution in [0.2, 0.25) is 0 Å². The first-order chi connectivity index (χ1) is 13.8. The van der Waals surface area contributed by atoms with Crippen molar-refractivity contribution in [3.8, 4) is 5.75 Å². The molecule has 0 saturated carbocycles. The van der Waals surface area contributed by atoms with Crippen molar-refractivity contribution in [2.75, 3.05) is 46.5 Å². The first kappa shape index (κ1) is 23.4. The van der Waals surface area contributed by atoms with Crippen molar-refractivity contribution in [3.05, 3.63) is 59.9 Å². The molecule has 2 aromatic rings. The lowest BCUT2D eigenvalue weighted by atomic mass is 10.1. The van der Waals surface area contributed by atoms with Gasteiger partial charge in [0.25, 0.3) is 0 Å². The molecule has 2 heterocycles. The SMILES string of the molecule is CN=C(NCCOc1cccnc1)NCc1ccccc1CN1CCOCC1.I. The molecule has 1 aromatic carbocycles. The van der Waals surface area contributed by atoms with Crippen molar-refractivity contribution in [3.63, 3.8) is 0 Å². The van der Waals surface area contributed by atoms with Gasteiger partial charge in [0.15, 0.2) is 5.96 Å². The normalized spacial score (nSPS) is 14.7. The van der Waals surface area contributed by atoms with Crippen LogP contribution < -0.4 is 15.4 Å². The highest BCUT2D eigenvalue weighted by Gasteiger charge is 2.12. The van der Waals surface area contributed by atoms with Crippen LogP contribution in [0.1, 0.15) is 11.1 Å². The van der Waals surface area contributed by atoms with Crippen molar-refractivity contribution in [2.24, 2.45) is 4.99 Å². The third-order valence-corrected chi connectivity index (χ3v) is 4.58. The quantitative estimate of drug-likeness (QED) is 0.245. The number of hydrogen-bond donors (Lipinski definition) is 2. The van der Waals surface area contributed by atoms with Crippen LogP contribution in [0, 0.1) is 0 Å². The molecule has 0 bridgehead atoms. The van der Waals surface area contributed by atoms with E-state index in [1.54, 1.807) is 19.4 Å². The van der Waals surface area contributed by atoms with Gasteiger partial charge in [-0.15, -0.1) is 24.0 Å². The number of halogens is 1. The maximum Gasteiger partial charge on any atom is 0.191 e. The third-order valence-electron chi connectivity index (χ3n) is 4.58. The Kier molecular flexibility index (Phi) is 10.7. The molecule has 2 N–H and O–H groups in total. The largest absolute Gasteiger partial charge is 0.490 e. The molecule has 7 nitrogen and oxygen atoms in total. The molecule has 0 aliphatic carbocycles. The van der Waals surface area contributed by atoms with Gasteiger partial charge >= 0.3 is 0 Å². The smallest absolute Gasteiger partial charge is 0.191 e. The highest BCUT2D eigenvalue weighted by Crippen LogP contribution is 2.13. The first-order valence-corrected chi connectivity index (χ1v) is 9.69. The predicted molar refractivity (Wildman–Crippen MR) is 126 cm³/mol. The van der Waals surface area contributed by atoms with E-state index in [2.05, 4.69) is 49.8 Å². The molecule has 0 unspecified atom stereocenters. The standard InChI is InChI=1S/C21H29N5O2.HI/c1-22-21(24-9-12-28-20-7-4-8-23-16-20)25-15-18-5-2-3-6-19(18)17-26-10-13-27-14-11-26;/h2-8,16H,9-15,17H2,1H3,(H2,22,24,25);1H. The van der Waals surface area contributed by atoms with E-state index in [0.717, 1.165) is 51.1 Å². The third kappa shape index (κ3) is 8.15. The van der Waals surface area contributed by atoms with Gasteiger partial charge < -0.3 is 20.1 Å². The molecule has 1 aromatic heterocycles. The number of aliphatic imine (C=N–C) groups is 1. The zero-order valence-electron chi connectivity index (χ0n) is 16.8. The number of morpholine rings is 1. The van der Waals surface area contributed by atoms with Gasteiger partial charge in [-0.2, -0.15) is 0 Å². The molecule has 3 rings (SSSR count). The van der Waals surface area contributed by atoms with E-state index in [4.69, 9.17) is 9.47 Å². The summed E-state index contributed by atoms with van der Waals surface area (Å²) in [4.78, 5) is 10.8. The minimum atomic E-state index is 0. The van der Waals surface area contributed by atoms with Crippen LogP contribution in [-0.2, 0) is 17.8 Å². The second-order valence-electron chi connectivity index (χ2n) is 6.55. The Balaban J connectivity index is 0.00000300. The fourth-order valence-electron chi connectivity index (χ4n) is 3.05. The summed E-state index contributed by atoms with van der Waals surface area (Å²) in [7, 11) is 1.77. The van der Waals surface area contributed by atoms with E-state index in [-0.39, 0.29) is 24.0 Å². The van der Waals surface area contributed by atoms with E-state index in [9.17, 15) is 0 Å². The molecule has 0 radical (unpaired) electrons. The molecule has 0 amide bonds. The van der Waals surface area contributed by atoms with Crippen LogP contribution in [0.3, 0.4) is 0 Å². The van der Waals surface area contributed by atoms with Crippen LogP contribution in [0.15, 0.2) is 53.8 Å². The van der Waals surface area contributed by atoms with Gasteiger partial charge in [0.1, 0.15) is 12.4 Å². The van der Waals surface area contributed by atoms with Crippen LogP contribution in [0.25, 0.3) is 0 Å². The van der Waals surface area contributed by atoms with E-state index in [0.29, 0.717) is 13.2 Å². The van der Waals surface area contributed by atoms with Crippen LogP contribution >= 0.6 is 24.0 Å². The predicted octanol–water partition coefficient (Wildman–Crippen LogP) is 2.28. The maximum atomic E-state index is 5.64. The van der Waals surface area contributed by atoms with Crippen molar-refractivity contribution >= 4 is 29.9 Å². The second kappa shape index (κ2) is 13.3. The average molecular weight is 511 g/mol. The second-order valence-corrected chi connectivity index (χ2v) is 6.55. The molecule has 158 valence electrons. The first-order valence-electron chi connectivity index (χ1n) is 9.69. The molecular formula is C21H30IN5O2. The molecule has 1 fully saturated rings. The fraction of sp³-hybridized carbons (Fsp3) is 0.429. The minimum absolute atomic E-state index is 0. The highest BCUT2D eigenvalue weighted by atomic mass is 127. The van der Waals surface area contributed by atoms with Crippen molar-refractivity contribution in [1.29, 1.82) is 0 Å². The Morgan fingerprint density at radius 2 is 1.93 bits per heavy atom. The summed E-state index contributed by atoms with van der Waals surface area (Å²) in [6.07, 6.45) is 3.44. The fourth-order valence-corrected chi connectivity index (χ4v) is 3.05. The summed E-state index contributed by atoms with van der Waals surface area (Å²) in [6.45, 7) is 6.49. The molecule has 1 aliphatic rings.